The van der Waals surface area contributed by atoms with Crippen molar-refractivity contribution < 1.29 is 9.53 Å². The van der Waals surface area contributed by atoms with Crippen LogP contribution in [0.2, 0.25) is 0 Å². The zero-order chi connectivity index (χ0) is 12.1. The van der Waals surface area contributed by atoms with Crippen LogP contribution >= 0.6 is 15.9 Å². The molecule has 2 amide bonds. The second-order valence-electron chi connectivity index (χ2n) is 3.98. The molecule has 0 spiro atoms. The number of hydrogen-bond acceptors (Lipinski definition) is 2. The van der Waals surface area contributed by atoms with E-state index in [-0.39, 0.29) is 12.1 Å². The predicted octanol–water partition coefficient (Wildman–Crippen LogP) is 2.75. The molecule has 1 heterocycles. The number of carbonyl (C=O) groups is 1. The van der Waals surface area contributed by atoms with Gasteiger partial charge in [0.25, 0.3) is 0 Å². The van der Waals surface area contributed by atoms with Gasteiger partial charge < -0.3 is 15.4 Å². The highest BCUT2D eigenvalue weighted by Gasteiger charge is 2.15. The Morgan fingerprint density at radius 3 is 2.82 bits per heavy atom. The van der Waals surface area contributed by atoms with Gasteiger partial charge in [-0.15, -0.1) is 0 Å². The standard InChI is InChI=1S/C12H15BrN2O2/c13-9-3-5-10(6-4-9)15-12(16)14-8-11-2-1-7-17-11/h3-6,11H,1-2,7-8H2,(H2,14,15,16)/t11-/m0/s1. The fraction of sp³-hybridized carbons (Fsp3) is 0.417. The molecular weight excluding hydrogens is 284 g/mol. The highest BCUT2D eigenvalue weighted by Crippen LogP contribution is 2.14. The van der Waals surface area contributed by atoms with Gasteiger partial charge >= 0.3 is 6.03 Å². The van der Waals surface area contributed by atoms with E-state index >= 15 is 0 Å². The number of anilines is 1. The lowest BCUT2D eigenvalue weighted by atomic mass is 10.2. The minimum Gasteiger partial charge on any atom is -0.376 e. The molecule has 0 saturated carbocycles. The van der Waals surface area contributed by atoms with Crippen LogP contribution in [-0.2, 0) is 4.74 Å². The van der Waals surface area contributed by atoms with E-state index in [0.29, 0.717) is 6.54 Å². The first-order chi connectivity index (χ1) is 8.24. The minimum absolute atomic E-state index is 0.172. The first kappa shape index (κ1) is 12.4. The molecule has 92 valence electrons. The summed E-state index contributed by atoms with van der Waals surface area (Å²) in [4.78, 5) is 11.6. The summed E-state index contributed by atoms with van der Waals surface area (Å²) in [6.07, 6.45) is 2.28. The molecule has 1 saturated heterocycles. The number of carbonyl (C=O) groups excluding carboxylic acids is 1. The SMILES string of the molecule is O=C(NC[C@@H]1CCCO1)Nc1ccc(Br)cc1. The van der Waals surface area contributed by atoms with Crippen LogP contribution in [0.5, 0.6) is 0 Å². The van der Waals surface area contributed by atoms with Crippen molar-refractivity contribution in [3.8, 4) is 0 Å². The maximum atomic E-state index is 11.6. The maximum Gasteiger partial charge on any atom is 0.319 e. The van der Waals surface area contributed by atoms with Crippen LogP contribution in [0.1, 0.15) is 12.8 Å². The van der Waals surface area contributed by atoms with E-state index in [1.165, 1.54) is 0 Å². The number of benzene rings is 1. The molecule has 17 heavy (non-hydrogen) atoms. The molecule has 1 aliphatic heterocycles. The maximum absolute atomic E-state index is 11.6. The van der Waals surface area contributed by atoms with E-state index in [9.17, 15) is 4.79 Å². The number of amides is 2. The second-order valence-corrected chi connectivity index (χ2v) is 4.89. The molecule has 0 aliphatic carbocycles. The number of rotatable bonds is 3. The Balaban J connectivity index is 1.74. The molecule has 0 aromatic heterocycles. The van der Waals surface area contributed by atoms with Crippen LogP contribution in [-0.4, -0.2) is 25.3 Å². The summed E-state index contributed by atoms with van der Waals surface area (Å²) in [5.74, 6) is 0. The highest BCUT2D eigenvalue weighted by molar-refractivity contribution is 9.10. The molecule has 5 heteroatoms. The van der Waals surface area contributed by atoms with Gasteiger partial charge in [-0.25, -0.2) is 4.79 Å². The van der Waals surface area contributed by atoms with Crippen LogP contribution in [0.15, 0.2) is 28.7 Å². The van der Waals surface area contributed by atoms with Crippen molar-refractivity contribution in [2.75, 3.05) is 18.5 Å². The smallest absolute Gasteiger partial charge is 0.319 e. The minimum atomic E-state index is -0.192. The fourth-order valence-corrected chi connectivity index (χ4v) is 1.98. The normalized spacial score (nSPS) is 19.0. The van der Waals surface area contributed by atoms with Gasteiger partial charge in [-0.1, -0.05) is 15.9 Å². The summed E-state index contributed by atoms with van der Waals surface area (Å²) in [5, 5.41) is 5.57. The Morgan fingerprint density at radius 1 is 1.41 bits per heavy atom. The molecule has 0 radical (unpaired) electrons. The van der Waals surface area contributed by atoms with Crippen molar-refractivity contribution in [1.82, 2.24) is 5.32 Å². The van der Waals surface area contributed by atoms with Crippen molar-refractivity contribution >= 4 is 27.6 Å². The molecule has 2 rings (SSSR count). The number of halogens is 1. The molecule has 0 bridgehead atoms. The highest BCUT2D eigenvalue weighted by atomic mass is 79.9. The van der Waals surface area contributed by atoms with Crippen molar-refractivity contribution in [3.63, 3.8) is 0 Å². The molecule has 4 nitrogen and oxygen atoms in total. The molecule has 1 fully saturated rings. The lowest BCUT2D eigenvalue weighted by Gasteiger charge is -2.11. The zero-order valence-electron chi connectivity index (χ0n) is 9.41. The van der Waals surface area contributed by atoms with Gasteiger partial charge in [-0.2, -0.15) is 0 Å². The van der Waals surface area contributed by atoms with E-state index in [1.54, 1.807) is 0 Å². The summed E-state index contributed by atoms with van der Waals surface area (Å²) in [6, 6.07) is 7.26. The van der Waals surface area contributed by atoms with Gasteiger partial charge in [-0.05, 0) is 37.1 Å². The molecule has 1 aromatic carbocycles. The summed E-state index contributed by atoms with van der Waals surface area (Å²) in [5.41, 5.74) is 0.776. The summed E-state index contributed by atoms with van der Waals surface area (Å²) in [7, 11) is 0. The van der Waals surface area contributed by atoms with Gasteiger partial charge in [0.1, 0.15) is 0 Å². The zero-order valence-corrected chi connectivity index (χ0v) is 11.0. The Morgan fingerprint density at radius 2 is 2.18 bits per heavy atom. The quantitative estimate of drug-likeness (QED) is 0.901. The van der Waals surface area contributed by atoms with E-state index in [1.807, 2.05) is 24.3 Å². The average Bonchev–Trinajstić information content (AvgIpc) is 2.83. The van der Waals surface area contributed by atoms with Crippen molar-refractivity contribution in [3.05, 3.63) is 28.7 Å². The molecule has 0 unspecified atom stereocenters. The summed E-state index contributed by atoms with van der Waals surface area (Å²) >= 11 is 3.34. The molecule has 1 aromatic rings. The van der Waals surface area contributed by atoms with Gasteiger partial charge in [0.15, 0.2) is 0 Å². The van der Waals surface area contributed by atoms with Crippen LogP contribution in [0, 0.1) is 0 Å². The number of nitrogens with one attached hydrogen (secondary N) is 2. The van der Waals surface area contributed by atoms with E-state index in [2.05, 4.69) is 26.6 Å². The number of ether oxygens (including phenoxy) is 1. The van der Waals surface area contributed by atoms with E-state index in [0.717, 1.165) is 29.6 Å². The van der Waals surface area contributed by atoms with Gasteiger partial charge in [0.2, 0.25) is 0 Å². The van der Waals surface area contributed by atoms with Crippen LogP contribution in [0.4, 0.5) is 10.5 Å². The third-order valence-electron chi connectivity index (χ3n) is 2.62. The topological polar surface area (TPSA) is 50.4 Å². The van der Waals surface area contributed by atoms with Crippen LogP contribution < -0.4 is 10.6 Å². The Kier molecular flexibility index (Phi) is 4.39. The van der Waals surface area contributed by atoms with Crippen LogP contribution in [0.25, 0.3) is 0 Å². The van der Waals surface area contributed by atoms with Crippen molar-refractivity contribution in [2.24, 2.45) is 0 Å². The molecule has 1 aliphatic rings. The summed E-state index contributed by atoms with van der Waals surface area (Å²) < 4.78 is 6.41. The lowest BCUT2D eigenvalue weighted by molar-refractivity contribution is 0.112. The molecular formula is C12H15BrN2O2. The fourth-order valence-electron chi connectivity index (χ4n) is 1.72. The Hall–Kier alpha value is -1.07. The first-order valence-electron chi connectivity index (χ1n) is 5.66. The van der Waals surface area contributed by atoms with Gasteiger partial charge in [0.05, 0.1) is 6.10 Å². The Labute approximate surface area is 109 Å². The van der Waals surface area contributed by atoms with Gasteiger partial charge in [0, 0.05) is 23.3 Å². The number of hydrogen-bond donors (Lipinski definition) is 2. The first-order valence-corrected chi connectivity index (χ1v) is 6.45. The largest absolute Gasteiger partial charge is 0.376 e. The number of urea groups is 1. The Bertz CT molecular complexity index is 375. The monoisotopic (exact) mass is 298 g/mol. The third-order valence-corrected chi connectivity index (χ3v) is 3.15. The van der Waals surface area contributed by atoms with E-state index < -0.39 is 0 Å². The third kappa shape index (κ3) is 4.02. The van der Waals surface area contributed by atoms with Crippen LogP contribution in [0.3, 0.4) is 0 Å². The predicted molar refractivity (Wildman–Crippen MR) is 70.1 cm³/mol. The average molecular weight is 299 g/mol. The van der Waals surface area contributed by atoms with Crippen molar-refractivity contribution in [1.29, 1.82) is 0 Å². The van der Waals surface area contributed by atoms with Crippen molar-refractivity contribution in [2.45, 2.75) is 18.9 Å². The molecule has 2 N–H and O–H groups in total. The van der Waals surface area contributed by atoms with E-state index in [4.69, 9.17) is 4.74 Å². The second kappa shape index (κ2) is 6.02. The molecule has 1 atom stereocenters. The lowest BCUT2D eigenvalue weighted by Crippen LogP contribution is -2.34. The van der Waals surface area contributed by atoms with Gasteiger partial charge in [-0.3, -0.25) is 0 Å². The summed E-state index contributed by atoms with van der Waals surface area (Å²) in [6.45, 7) is 1.38.